The number of nitrogens with one attached hydrogen (secondary N) is 1. The summed E-state index contributed by atoms with van der Waals surface area (Å²) < 4.78 is 5.57. The third-order valence-electron chi connectivity index (χ3n) is 2.89. The van der Waals surface area contributed by atoms with Crippen LogP contribution in [-0.4, -0.2) is 24.1 Å². The van der Waals surface area contributed by atoms with Crippen LogP contribution < -0.4 is 10.1 Å². The number of piperidine rings is 1. The van der Waals surface area contributed by atoms with E-state index in [4.69, 9.17) is 4.74 Å². The highest BCUT2D eigenvalue weighted by Gasteiger charge is 2.13. The molecule has 1 aromatic rings. The summed E-state index contributed by atoms with van der Waals surface area (Å²) >= 11 is 0. The Balaban J connectivity index is 1.89. The fourth-order valence-electron chi connectivity index (χ4n) is 1.95. The van der Waals surface area contributed by atoms with E-state index in [2.05, 4.69) is 5.32 Å². The molecule has 5 nitrogen and oxygen atoms in total. The predicted octanol–water partition coefficient (Wildman–Crippen LogP) is 2.12. The normalized spacial score (nSPS) is 19.9. The van der Waals surface area contributed by atoms with Crippen molar-refractivity contribution in [2.24, 2.45) is 0 Å². The predicted molar refractivity (Wildman–Crippen MR) is 64.2 cm³/mol. The number of nitro groups is 1. The molecule has 0 bridgehead atoms. The van der Waals surface area contributed by atoms with Crippen molar-refractivity contribution in [2.75, 3.05) is 13.2 Å². The summed E-state index contributed by atoms with van der Waals surface area (Å²) in [7, 11) is 0. The Bertz CT molecular complexity index is 389. The van der Waals surface area contributed by atoms with Gasteiger partial charge in [-0.15, -0.1) is 0 Å². The molecule has 1 heterocycles. The zero-order chi connectivity index (χ0) is 12.1. The lowest BCUT2D eigenvalue weighted by Gasteiger charge is -2.23. The van der Waals surface area contributed by atoms with Gasteiger partial charge < -0.3 is 10.1 Å². The zero-order valence-electron chi connectivity index (χ0n) is 9.59. The van der Waals surface area contributed by atoms with Crippen LogP contribution in [0.25, 0.3) is 0 Å². The van der Waals surface area contributed by atoms with E-state index in [-0.39, 0.29) is 5.69 Å². The molecule has 1 saturated heterocycles. The maximum Gasteiger partial charge on any atom is 0.273 e. The molecule has 5 heteroatoms. The summed E-state index contributed by atoms with van der Waals surface area (Å²) in [6.07, 6.45) is 3.54. The van der Waals surface area contributed by atoms with Gasteiger partial charge in [0.15, 0.2) is 0 Å². The highest BCUT2D eigenvalue weighted by atomic mass is 16.6. The van der Waals surface area contributed by atoms with E-state index in [1.807, 2.05) is 0 Å². The summed E-state index contributed by atoms with van der Waals surface area (Å²) in [5.74, 6) is 0.562. The summed E-state index contributed by atoms with van der Waals surface area (Å²) in [5, 5.41) is 14.0. The quantitative estimate of drug-likeness (QED) is 0.642. The van der Waals surface area contributed by atoms with Crippen LogP contribution in [0.3, 0.4) is 0 Å². The van der Waals surface area contributed by atoms with Gasteiger partial charge in [0.05, 0.1) is 11.0 Å². The maximum absolute atomic E-state index is 10.6. The molecule has 92 valence electrons. The van der Waals surface area contributed by atoms with E-state index in [1.165, 1.54) is 25.0 Å². The average molecular weight is 236 g/mol. The van der Waals surface area contributed by atoms with Gasteiger partial charge in [-0.05, 0) is 25.5 Å². The van der Waals surface area contributed by atoms with Gasteiger partial charge in [0.25, 0.3) is 5.69 Å². The number of hydrogen-bond acceptors (Lipinski definition) is 4. The fraction of sp³-hybridized carbons (Fsp3) is 0.500. The second-order valence-electron chi connectivity index (χ2n) is 4.21. The Kier molecular flexibility index (Phi) is 3.93. The number of benzene rings is 1. The molecule has 0 aromatic heterocycles. The maximum atomic E-state index is 10.6. The van der Waals surface area contributed by atoms with Crippen LogP contribution in [0.1, 0.15) is 19.3 Å². The molecular weight excluding hydrogens is 220 g/mol. The number of hydrogen-bond donors (Lipinski definition) is 1. The molecule has 0 spiro atoms. The first kappa shape index (κ1) is 11.9. The van der Waals surface area contributed by atoms with Crippen molar-refractivity contribution in [1.29, 1.82) is 0 Å². The van der Waals surface area contributed by atoms with Gasteiger partial charge in [0, 0.05) is 12.1 Å². The van der Waals surface area contributed by atoms with Gasteiger partial charge >= 0.3 is 0 Å². The van der Waals surface area contributed by atoms with Crippen LogP contribution >= 0.6 is 0 Å². The summed E-state index contributed by atoms with van der Waals surface area (Å²) in [4.78, 5) is 10.2. The number of nitro benzene ring substituents is 1. The molecule has 0 saturated carbocycles. The minimum absolute atomic E-state index is 0.0686. The van der Waals surface area contributed by atoms with Crippen LogP contribution in [0.2, 0.25) is 0 Å². The van der Waals surface area contributed by atoms with E-state index >= 15 is 0 Å². The third kappa shape index (κ3) is 3.42. The molecule has 0 amide bonds. The third-order valence-corrected chi connectivity index (χ3v) is 2.89. The van der Waals surface area contributed by atoms with Gasteiger partial charge in [-0.3, -0.25) is 10.1 Å². The molecule has 0 radical (unpaired) electrons. The van der Waals surface area contributed by atoms with Crippen LogP contribution in [0.5, 0.6) is 5.75 Å². The lowest BCUT2D eigenvalue weighted by Crippen LogP contribution is -2.38. The highest BCUT2D eigenvalue weighted by molar-refractivity contribution is 5.37. The number of ether oxygens (including phenoxy) is 1. The van der Waals surface area contributed by atoms with Crippen molar-refractivity contribution >= 4 is 5.69 Å². The van der Waals surface area contributed by atoms with Crippen molar-refractivity contribution in [2.45, 2.75) is 25.3 Å². The molecule has 1 fully saturated rings. The van der Waals surface area contributed by atoms with E-state index in [0.717, 1.165) is 13.0 Å². The Labute approximate surface area is 99.9 Å². The van der Waals surface area contributed by atoms with Gasteiger partial charge in [0.1, 0.15) is 12.4 Å². The first-order valence-electron chi connectivity index (χ1n) is 5.86. The number of rotatable bonds is 4. The Morgan fingerprint density at radius 1 is 1.47 bits per heavy atom. The van der Waals surface area contributed by atoms with Crippen molar-refractivity contribution < 1.29 is 9.66 Å². The van der Waals surface area contributed by atoms with Gasteiger partial charge in [0.2, 0.25) is 0 Å². The van der Waals surface area contributed by atoms with Crippen LogP contribution in [0, 0.1) is 10.1 Å². The zero-order valence-corrected chi connectivity index (χ0v) is 9.59. The van der Waals surface area contributed by atoms with E-state index in [1.54, 1.807) is 12.1 Å². The summed E-state index contributed by atoms with van der Waals surface area (Å²) in [5.41, 5.74) is 0.0686. The Hall–Kier alpha value is -1.62. The van der Waals surface area contributed by atoms with E-state index in [0.29, 0.717) is 18.4 Å². The van der Waals surface area contributed by atoms with Gasteiger partial charge in [-0.1, -0.05) is 12.5 Å². The van der Waals surface area contributed by atoms with Gasteiger partial charge in [-0.2, -0.15) is 0 Å². The lowest BCUT2D eigenvalue weighted by molar-refractivity contribution is -0.384. The molecule has 2 rings (SSSR count). The lowest BCUT2D eigenvalue weighted by atomic mass is 10.1. The smallest absolute Gasteiger partial charge is 0.273 e. The Morgan fingerprint density at radius 3 is 3.06 bits per heavy atom. The molecule has 1 aliphatic rings. The number of non-ortho nitro benzene ring substituents is 1. The van der Waals surface area contributed by atoms with Crippen LogP contribution in [0.4, 0.5) is 5.69 Å². The SMILES string of the molecule is O=[N+]([O-])c1cccc(OCC2CCCCN2)c1. The first-order valence-corrected chi connectivity index (χ1v) is 5.86. The number of nitrogens with zero attached hydrogens (tertiary/aromatic N) is 1. The summed E-state index contributed by atoms with van der Waals surface area (Å²) in [6, 6.07) is 6.68. The molecule has 0 aliphatic carbocycles. The molecule has 1 aliphatic heterocycles. The molecule has 1 unspecified atom stereocenters. The second-order valence-corrected chi connectivity index (χ2v) is 4.21. The topological polar surface area (TPSA) is 64.4 Å². The minimum atomic E-state index is -0.411. The molecule has 1 atom stereocenters. The van der Waals surface area contributed by atoms with Crippen molar-refractivity contribution in [3.8, 4) is 5.75 Å². The molecule has 1 aromatic carbocycles. The van der Waals surface area contributed by atoms with Crippen LogP contribution in [-0.2, 0) is 0 Å². The molecule has 17 heavy (non-hydrogen) atoms. The first-order chi connectivity index (χ1) is 8.25. The Morgan fingerprint density at radius 2 is 2.35 bits per heavy atom. The fourth-order valence-corrected chi connectivity index (χ4v) is 1.95. The van der Waals surface area contributed by atoms with Crippen molar-refractivity contribution in [1.82, 2.24) is 5.32 Å². The monoisotopic (exact) mass is 236 g/mol. The van der Waals surface area contributed by atoms with Crippen molar-refractivity contribution in [3.05, 3.63) is 34.4 Å². The van der Waals surface area contributed by atoms with Crippen LogP contribution in [0.15, 0.2) is 24.3 Å². The average Bonchev–Trinajstić information content (AvgIpc) is 2.38. The minimum Gasteiger partial charge on any atom is -0.492 e. The highest BCUT2D eigenvalue weighted by Crippen LogP contribution is 2.19. The standard InChI is InChI=1S/C12H16N2O3/c15-14(16)11-5-3-6-12(8-11)17-9-10-4-1-2-7-13-10/h3,5-6,8,10,13H,1-2,4,7,9H2. The van der Waals surface area contributed by atoms with Gasteiger partial charge in [-0.25, -0.2) is 0 Å². The second kappa shape index (κ2) is 5.63. The molecular formula is C12H16N2O3. The van der Waals surface area contributed by atoms with Crippen molar-refractivity contribution in [3.63, 3.8) is 0 Å². The summed E-state index contributed by atoms with van der Waals surface area (Å²) in [6.45, 7) is 1.60. The largest absolute Gasteiger partial charge is 0.492 e. The molecule has 1 N–H and O–H groups in total. The van der Waals surface area contributed by atoms with E-state index in [9.17, 15) is 10.1 Å². The van der Waals surface area contributed by atoms with E-state index < -0.39 is 4.92 Å².